The molecule has 0 unspecified atom stereocenters. The van der Waals surface area contributed by atoms with Gasteiger partial charge in [0, 0.05) is 19.5 Å². The van der Waals surface area contributed by atoms with Crippen molar-refractivity contribution in [3.8, 4) is 5.75 Å². The zero-order chi connectivity index (χ0) is 17.9. The van der Waals surface area contributed by atoms with Crippen LogP contribution >= 0.6 is 0 Å². The van der Waals surface area contributed by atoms with Crippen molar-refractivity contribution in [3.63, 3.8) is 0 Å². The number of aromatic nitrogens is 2. The lowest BCUT2D eigenvalue weighted by Crippen LogP contribution is -2.38. The Morgan fingerprint density at radius 3 is 2.85 bits per heavy atom. The fourth-order valence-electron chi connectivity index (χ4n) is 3.32. The molecule has 0 radical (unpaired) electrons. The third-order valence-electron chi connectivity index (χ3n) is 4.77. The summed E-state index contributed by atoms with van der Waals surface area (Å²) < 4.78 is 16.5. The van der Waals surface area contributed by atoms with E-state index in [1.165, 1.54) is 16.3 Å². The van der Waals surface area contributed by atoms with Gasteiger partial charge in [0.1, 0.15) is 5.75 Å². The highest BCUT2D eigenvalue weighted by Crippen LogP contribution is 2.28. The van der Waals surface area contributed by atoms with Crippen molar-refractivity contribution < 1.29 is 14.0 Å². The van der Waals surface area contributed by atoms with Crippen LogP contribution in [0.5, 0.6) is 5.75 Å². The van der Waals surface area contributed by atoms with Crippen LogP contribution in [-0.4, -0.2) is 41.8 Å². The van der Waals surface area contributed by atoms with Crippen molar-refractivity contribution in [2.75, 3.05) is 26.8 Å². The highest BCUT2D eigenvalue weighted by Gasteiger charge is 2.23. The van der Waals surface area contributed by atoms with Crippen LogP contribution in [0.25, 0.3) is 10.8 Å². The van der Waals surface area contributed by atoms with Crippen molar-refractivity contribution in [2.45, 2.75) is 26.0 Å². The highest BCUT2D eigenvalue weighted by atomic mass is 16.5. The third kappa shape index (κ3) is 3.57. The molecule has 1 aliphatic rings. The summed E-state index contributed by atoms with van der Waals surface area (Å²) >= 11 is 0. The summed E-state index contributed by atoms with van der Waals surface area (Å²) in [6, 6.07) is 12.6. The summed E-state index contributed by atoms with van der Waals surface area (Å²) in [5, 5.41) is 6.41. The van der Waals surface area contributed by atoms with Gasteiger partial charge in [-0.25, -0.2) is 0 Å². The number of ether oxygens (including phenoxy) is 2. The fourth-order valence-corrected chi connectivity index (χ4v) is 3.32. The second-order valence-corrected chi connectivity index (χ2v) is 6.52. The van der Waals surface area contributed by atoms with Crippen molar-refractivity contribution in [1.82, 2.24) is 15.0 Å². The van der Waals surface area contributed by atoms with Gasteiger partial charge in [0.05, 0.1) is 26.4 Å². The van der Waals surface area contributed by atoms with Gasteiger partial charge in [-0.15, -0.1) is 0 Å². The number of methoxy groups -OCH3 is 1. The summed E-state index contributed by atoms with van der Waals surface area (Å²) in [7, 11) is 1.69. The van der Waals surface area contributed by atoms with Crippen LogP contribution in [-0.2, 0) is 17.7 Å². The number of rotatable bonds is 5. The molecule has 1 fully saturated rings. The van der Waals surface area contributed by atoms with E-state index < -0.39 is 0 Å². The molecule has 0 bridgehead atoms. The van der Waals surface area contributed by atoms with Crippen LogP contribution in [0.1, 0.15) is 30.3 Å². The average molecular weight is 353 g/mol. The van der Waals surface area contributed by atoms with Crippen molar-refractivity contribution >= 4 is 10.8 Å². The number of fused-ring (bicyclic) bond motifs is 1. The maximum absolute atomic E-state index is 6.02. The van der Waals surface area contributed by atoms with Gasteiger partial charge < -0.3 is 14.0 Å². The summed E-state index contributed by atoms with van der Waals surface area (Å²) in [5.41, 5.74) is 1.19. The second-order valence-electron chi connectivity index (χ2n) is 6.52. The topological polar surface area (TPSA) is 60.6 Å². The molecule has 1 atom stereocenters. The molecule has 2 heterocycles. The molecular weight excluding hydrogens is 330 g/mol. The molecule has 2 aromatic carbocycles. The van der Waals surface area contributed by atoms with Gasteiger partial charge in [-0.2, -0.15) is 4.98 Å². The maximum Gasteiger partial charge on any atom is 0.226 e. The average Bonchev–Trinajstić information content (AvgIpc) is 3.15. The van der Waals surface area contributed by atoms with E-state index in [2.05, 4.69) is 45.4 Å². The minimum atomic E-state index is 0.0489. The van der Waals surface area contributed by atoms with Gasteiger partial charge in [0.25, 0.3) is 0 Å². The molecule has 0 N–H and O–H groups in total. The highest BCUT2D eigenvalue weighted by molar-refractivity contribution is 5.84. The fraction of sp³-hybridized carbons (Fsp3) is 0.400. The lowest BCUT2D eigenvalue weighted by molar-refractivity contribution is -0.0337. The molecule has 3 aromatic rings. The van der Waals surface area contributed by atoms with E-state index >= 15 is 0 Å². The van der Waals surface area contributed by atoms with Crippen molar-refractivity contribution in [2.24, 2.45) is 0 Å². The third-order valence-corrected chi connectivity index (χ3v) is 4.77. The van der Waals surface area contributed by atoms with Crippen molar-refractivity contribution in [1.29, 1.82) is 0 Å². The Bertz CT molecular complexity index is 893. The van der Waals surface area contributed by atoms with Gasteiger partial charge >= 0.3 is 0 Å². The monoisotopic (exact) mass is 353 g/mol. The van der Waals surface area contributed by atoms with E-state index in [1.807, 2.05) is 13.0 Å². The SMILES string of the molecule is CCc1nc(CN2CCO[C@@H](c3ccc4cc(OC)ccc4c3)C2)no1. The Kier molecular flexibility index (Phi) is 4.86. The minimum absolute atomic E-state index is 0.0489. The first kappa shape index (κ1) is 17.0. The summed E-state index contributed by atoms with van der Waals surface area (Å²) in [4.78, 5) is 6.72. The molecule has 1 saturated heterocycles. The summed E-state index contributed by atoms with van der Waals surface area (Å²) in [6.45, 7) is 5.09. The maximum atomic E-state index is 6.02. The zero-order valence-electron chi connectivity index (χ0n) is 15.1. The van der Waals surface area contributed by atoms with Gasteiger partial charge in [-0.05, 0) is 34.5 Å². The largest absolute Gasteiger partial charge is 0.497 e. The van der Waals surface area contributed by atoms with Gasteiger partial charge in [0.15, 0.2) is 5.82 Å². The number of hydrogen-bond acceptors (Lipinski definition) is 6. The number of aryl methyl sites for hydroxylation is 1. The molecule has 0 spiro atoms. The summed E-state index contributed by atoms with van der Waals surface area (Å²) in [5.74, 6) is 2.31. The van der Waals surface area contributed by atoms with E-state index in [9.17, 15) is 0 Å². The normalized spacial score (nSPS) is 18.3. The standard InChI is InChI=1S/C20H23N3O3/c1-3-20-21-19(22-26-20)13-23-8-9-25-18(12-23)16-5-4-15-11-17(24-2)7-6-14(15)10-16/h4-7,10-11,18H,3,8-9,12-13H2,1-2H3/t18-/m1/s1. The second kappa shape index (κ2) is 7.43. The predicted octanol–water partition coefficient (Wildman–Crippen LogP) is 3.37. The molecule has 136 valence electrons. The Morgan fingerprint density at radius 1 is 1.19 bits per heavy atom. The molecule has 4 rings (SSSR count). The molecule has 1 aromatic heterocycles. The Hall–Kier alpha value is -2.44. The van der Waals surface area contributed by atoms with E-state index in [0.29, 0.717) is 19.0 Å². The lowest BCUT2D eigenvalue weighted by atomic mass is 10.0. The van der Waals surface area contributed by atoms with E-state index in [0.717, 1.165) is 31.1 Å². The Morgan fingerprint density at radius 2 is 2.04 bits per heavy atom. The van der Waals surface area contributed by atoms with Crippen LogP contribution in [0.3, 0.4) is 0 Å². The van der Waals surface area contributed by atoms with Gasteiger partial charge in [0.2, 0.25) is 5.89 Å². The predicted molar refractivity (Wildman–Crippen MR) is 98.1 cm³/mol. The van der Waals surface area contributed by atoms with Crippen LogP contribution in [0.4, 0.5) is 0 Å². The lowest BCUT2D eigenvalue weighted by Gasteiger charge is -2.32. The molecule has 0 aliphatic carbocycles. The van der Waals surface area contributed by atoms with E-state index in [1.54, 1.807) is 7.11 Å². The van der Waals surface area contributed by atoms with Crippen LogP contribution in [0.15, 0.2) is 40.9 Å². The van der Waals surface area contributed by atoms with Crippen molar-refractivity contribution in [3.05, 3.63) is 53.7 Å². The van der Waals surface area contributed by atoms with Crippen LogP contribution in [0, 0.1) is 0 Å². The van der Waals surface area contributed by atoms with Gasteiger partial charge in [-0.3, -0.25) is 4.90 Å². The molecule has 0 amide bonds. The van der Waals surface area contributed by atoms with E-state index in [4.69, 9.17) is 14.0 Å². The Balaban J connectivity index is 1.49. The zero-order valence-corrected chi connectivity index (χ0v) is 15.1. The Labute approximate surface area is 152 Å². The number of hydrogen-bond donors (Lipinski definition) is 0. The molecule has 26 heavy (non-hydrogen) atoms. The molecule has 1 aliphatic heterocycles. The first-order valence-corrected chi connectivity index (χ1v) is 8.98. The quantitative estimate of drug-likeness (QED) is 0.701. The van der Waals surface area contributed by atoms with Crippen LogP contribution < -0.4 is 4.74 Å². The van der Waals surface area contributed by atoms with E-state index in [-0.39, 0.29) is 6.10 Å². The number of morpholine rings is 1. The first-order chi connectivity index (χ1) is 12.7. The first-order valence-electron chi connectivity index (χ1n) is 8.98. The van der Waals surface area contributed by atoms with Crippen LogP contribution in [0.2, 0.25) is 0 Å². The number of nitrogens with zero attached hydrogens (tertiary/aromatic N) is 3. The minimum Gasteiger partial charge on any atom is -0.497 e. The molecular formula is C20H23N3O3. The smallest absolute Gasteiger partial charge is 0.226 e. The number of benzene rings is 2. The van der Waals surface area contributed by atoms with Gasteiger partial charge in [-0.1, -0.05) is 30.3 Å². The summed E-state index contributed by atoms with van der Waals surface area (Å²) in [6.07, 6.45) is 0.813. The molecule has 6 heteroatoms. The molecule has 0 saturated carbocycles. The molecule has 6 nitrogen and oxygen atoms in total.